The first-order valence-electron chi connectivity index (χ1n) is 2.90. The molecule has 0 saturated carbocycles. The predicted octanol–water partition coefficient (Wildman–Crippen LogP) is 1.48. The Morgan fingerprint density at radius 2 is 2.55 bits per heavy atom. The number of nitrogens with zero attached hydrogens (tertiary/aromatic N) is 2. The maximum Gasteiger partial charge on any atom is 0.377 e. The minimum atomic E-state index is -0.477. The molecule has 0 aliphatic carbocycles. The number of esters is 1. The second-order valence-electron chi connectivity index (χ2n) is 1.59. The molecule has 0 radical (unpaired) electrons. The van der Waals surface area contributed by atoms with E-state index in [4.69, 9.17) is 0 Å². The van der Waals surface area contributed by atoms with Gasteiger partial charge in [-0.3, -0.25) is 0 Å². The van der Waals surface area contributed by atoms with Gasteiger partial charge in [0.25, 0.3) is 5.82 Å². The zero-order chi connectivity index (χ0) is 8.27. The van der Waals surface area contributed by atoms with Gasteiger partial charge in [-0.05, 0) is 34.4 Å². The van der Waals surface area contributed by atoms with Crippen LogP contribution in [0.4, 0.5) is 0 Å². The van der Waals surface area contributed by atoms with Crippen LogP contribution in [-0.4, -0.2) is 21.9 Å². The first kappa shape index (κ1) is 8.61. The van der Waals surface area contributed by atoms with Gasteiger partial charge in [-0.25, -0.2) is 9.78 Å². The molecule has 0 N–H and O–H groups in total. The summed E-state index contributed by atoms with van der Waals surface area (Å²) >= 11 is 4.20. The summed E-state index contributed by atoms with van der Waals surface area (Å²) in [5.74, 6) is -0.363. The van der Waals surface area contributed by atoms with Crippen molar-refractivity contribution < 1.29 is 9.53 Å². The van der Waals surface area contributed by atoms with Crippen LogP contribution in [0, 0.1) is 0 Å². The Hall–Kier alpha value is -0.490. The van der Waals surface area contributed by atoms with Crippen molar-refractivity contribution in [1.82, 2.24) is 9.36 Å². The van der Waals surface area contributed by atoms with Crippen LogP contribution in [-0.2, 0) is 4.74 Å². The first-order chi connectivity index (χ1) is 5.24. The fraction of sp³-hybridized carbons (Fsp3) is 0.400. The second-order valence-corrected chi connectivity index (χ2v) is 3.62. The number of aromatic nitrogens is 2. The van der Waals surface area contributed by atoms with E-state index < -0.39 is 5.97 Å². The molecule has 1 aromatic rings. The molecule has 0 aliphatic rings. The van der Waals surface area contributed by atoms with Gasteiger partial charge in [0.2, 0.25) is 0 Å². The summed E-state index contributed by atoms with van der Waals surface area (Å²) < 4.78 is 8.99. The average molecular weight is 237 g/mol. The summed E-state index contributed by atoms with van der Waals surface area (Å²) in [6, 6.07) is 0. The van der Waals surface area contributed by atoms with Crippen molar-refractivity contribution in [3.05, 3.63) is 9.74 Å². The Morgan fingerprint density at radius 1 is 1.82 bits per heavy atom. The molecule has 1 aromatic heterocycles. The smallest absolute Gasteiger partial charge is 0.377 e. The van der Waals surface area contributed by atoms with Gasteiger partial charge in [0.15, 0.2) is 3.92 Å². The molecule has 0 bridgehead atoms. The van der Waals surface area contributed by atoms with Gasteiger partial charge in [-0.1, -0.05) is 0 Å². The van der Waals surface area contributed by atoms with Gasteiger partial charge >= 0.3 is 5.97 Å². The van der Waals surface area contributed by atoms with Crippen LogP contribution >= 0.6 is 27.5 Å². The van der Waals surface area contributed by atoms with E-state index in [-0.39, 0.29) is 5.82 Å². The molecule has 0 saturated heterocycles. The number of hydrogen-bond acceptors (Lipinski definition) is 5. The third kappa shape index (κ3) is 2.23. The average Bonchev–Trinajstić information content (AvgIpc) is 2.36. The quantitative estimate of drug-likeness (QED) is 0.731. The zero-order valence-corrected chi connectivity index (χ0v) is 8.11. The van der Waals surface area contributed by atoms with Gasteiger partial charge in [-0.2, -0.15) is 4.37 Å². The van der Waals surface area contributed by atoms with Crippen molar-refractivity contribution in [2.75, 3.05) is 6.61 Å². The Balaban J connectivity index is 2.69. The molecule has 60 valence electrons. The Kier molecular flexibility index (Phi) is 2.95. The van der Waals surface area contributed by atoms with Gasteiger partial charge in [0.1, 0.15) is 0 Å². The highest BCUT2D eigenvalue weighted by Crippen LogP contribution is 2.11. The van der Waals surface area contributed by atoms with Gasteiger partial charge in [0.05, 0.1) is 6.61 Å². The van der Waals surface area contributed by atoms with Crippen LogP contribution in [0.2, 0.25) is 0 Å². The summed E-state index contributed by atoms with van der Waals surface area (Å²) in [6.07, 6.45) is 0. The number of rotatable bonds is 2. The maximum atomic E-state index is 10.9. The van der Waals surface area contributed by atoms with Crippen molar-refractivity contribution in [2.24, 2.45) is 0 Å². The molecular weight excluding hydrogens is 232 g/mol. The Labute approximate surface area is 75.9 Å². The minimum absolute atomic E-state index is 0.115. The Bertz CT molecular complexity index is 263. The summed E-state index contributed by atoms with van der Waals surface area (Å²) in [5, 5.41) is 0. The third-order valence-electron chi connectivity index (χ3n) is 0.859. The summed E-state index contributed by atoms with van der Waals surface area (Å²) in [6.45, 7) is 2.08. The number of carbonyl (C=O) groups excluding carboxylic acids is 1. The minimum Gasteiger partial charge on any atom is -0.460 e. The van der Waals surface area contributed by atoms with E-state index in [9.17, 15) is 4.79 Å². The topological polar surface area (TPSA) is 52.1 Å². The Morgan fingerprint density at radius 3 is 3.00 bits per heavy atom. The summed E-state index contributed by atoms with van der Waals surface area (Å²) in [7, 11) is 0. The molecule has 0 spiro atoms. The molecule has 4 nitrogen and oxygen atoms in total. The molecule has 1 rings (SSSR count). The number of halogens is 1. The molecular formula is C5H5BrN2O2S. The monoisotopic (exact) mass is 236 g/mol. The van der Waals surface area contributed by atoms with Crippen LogP contribution in [0.5, 0.6) is 0 Å². The van der Waals surface area contributed by atoms with Gasteiger partial charge < -0.3 is 4.74 Å². The summed E-state index contributed by atoms with van der Waals surface area (Å²) in [4.78, 5) is 14.7. The lowest BCUT2D eigenvalue weighted by Crippen LogP contribution is -2.06. The standard InChI is InChI=1S/C5H5BrN2O2S/c1-2-10-4(9)3-7-5(6)11-8-3/h2H2,1H3. The number of hydrogen-bond donors (Lipinski definition) is 0. The van der Waals surface area contributed by atoms with Crippen LogP contribution < -0.4 is 0 Å². The van der Waals surface area contributed by atoms with Crippen LogP contribution in [0.3, 0.4) is 0 Å². The lowest BCUT2D eigenvalue weighted by atomic mass is 10.6. The van der Waals surface area contributed by atoms with E-state index >= 15 is 0 Å². The molecule has 1 heterocycles. The highest BCUT2D eigenvalue weighted by Gasteiger charge is 2.11. The fourth-order valence-corrected chi connectivity index (χ4v) is 1.27. The molecule has 0 aliphatic heterocycles. The molecule has 0 amide bonds. The van der Waals surface area contributed by atoms with Crippen molar-refractivity contribution in [1.29, 1.82) is 0 Å². The first-order valence-corrected chi connectivity index (χ1v) is 4.47. The SMILES string of the molecule is CCOC(=O)c1nsc(Br)n1. The second kappa shape index (κ2) is 3.77. The fourth-order valence-electron chi connectivity index (χ4n) is 0.484. The van der Waals surface area contributed by atoms with E-state index in [2.05, 4.69) is 30.0 Å². The van der Waals surface area contributed by atoms with E-state index in [1.54, 1.807) is 6.92 Å². The lowest BCUT2D eigenvalue weighted by molar-refractivity contribution is 0.0513. The highest BCUT2D eigenvalue weighted by molar-refractivity contribution is 9.11. The van der Waals surface area contributed by atoms with E-state index in [0.29, 0.717) is 10.5 Å². The van der Waals surface area contributed by atoms with E-state index in [0.717, 1.165) is 11.5 Å². The van der Waals surface area contributed by atoms with Crippen molar-refractivity contribution in [3.63, 3.8) is 0 Å². The van der Waals surface area contributed by atoms with Crippen molar-refractivity contribution in [2.45, 2.75) is 6.92 Å². The number of ether oxygens (including phenoxy) is 1. The lowest BCUT2D eigenvalue weighted by Gasteiger charge is -1.93. The van der Waals surface area contributed by atoms with Crippen molar-refractivity contribution in [3.8, 4) is 0 Å². The number of carbonyl (C=O) groups is 1. The zero-order valence-electron chi connectivity index (χ0n) is 5.70. The summed E-state index contributed by atoms with van der Waals surface area (Å²) in [5.41, 5.74) is 0. The van der Waals surface area contributed by atoms with Gasteiger partial charge in [0, 0.05) is 0 Å². The van der Waals surface area contributed by atoms with E-state index in [1.165, 1.54) is 0 Å². The van der Waals surface area contributed by atoms with Crippen LogP contribution in [0.1, 0.15) is 17.5 Å². The largest absolute Gasteiger partial charge is 0.460 e. The predicted molar refractivity (Wildman–Crippen MR) is 43.6 cm³/mol. The molecule has 0 atom stereocenters. The van der Waals surface area contributed by atoms with Crippen molar-refractivity contribution >= 4 is 33.4 Å². The molecule has 11 heavy (non-hydrogen) atoms. The normalized spacial score (nSPS) is 9.64. The molecule has 0 aromatic carbocycles. The van der Waals surface area contributed by atoms with Crippen LogP contribution in [0.15, 0.2) is 3.92 Å². The highest BCUT2D eigenvalue weighted by atomic mass is 79.9. The molecule has 0 fully saturated rings. The van der Waals surface area contributed by atoms with E-state index in [1.807, 2.05) is 0 Å². The van der Waals surface area contributed by atoms with Crippen LogP contribution in [0.25, 0.3) is 0 Å². The molecule has 0 unspecified atom stereocenters. The van der Waals surface area contributed by atoms with Gasteiger partial charge in [-0.15, -0.1) is 0 Å². The third-order valence-corrected chi connectivity index (χ3v) is 1.98. The molecule has 6 heteroatoms. The maximum absolute atomic E-state index is 10.9.